The van der Waals surface area contributed by atoms with Crippen LogP contribution in [0.3, 0.4) is 0 Å². The van der Waals surface area contributed by atoms with Crippen molar-refractivity contribution >= 4 is 17.4 Å². The number of thiazole rings is 1. The van der Waals surface area contributed by atoms with E-state index in [1.54, 1.807) is 11.3 Å². The Morgan fingerprint density at radius 1 is 1.35 bits per heavy atom. The van der Waals surface area contributed by atoms with Crippen LogP contribution in [0, 0.1) is 6.92 Å². The van der Waals surface area contributed by atoms with E-state index in [-0.39, 0.29) is 6.03 Å². The van der Waals surface area contributed by atoms with E-state index in [4.69, 9.17) is 0 Å². The molecule has 0 unspecified atom stereocenters. The normalized spacial score (nSPS) is 19.7. The highest BCUT2D eigenvalue weighted by Gasteiger charge is 2.22. The summed E-state index contributed by atoms with van der Waals surface area (Å²) in [7, 11) is 4.24. The van der Waals surface area contributed by atoms with E-state index >= 15 is 0 Å². The first-order chi connectivity index (χ1) is 11.0. The number of hydrogen-bond donors (Lipinski definition) is 2. The van der Waals surface area contributed by atoms with Crippen LogP contribution >= 0.6 is 11.3 Å². The van der Waals surface area contributed by atoms with Crippen LogP contribution in [0.2, 0.25) is 0 Å². The van der Waals surface area contributed by atoms with Crippen LogP contribution in [0.1, 0.15) is 22.5 Å². The molecule has 2 N–H and O–H groups in total. The van der Waals surface area contributed by atoms with Gasteiger partial charge in [-0.3, -0.25) is 4.90 Å². The van der Waals surface area contributed by atoms with Gasteiger partial charge in [0.2, 0.25) is 0 Å². The molecular weight excluding hydrogens is 310 g/mol. The first-order valence-corrected chi connectivity index (χ1v) is 9.17. The zero-order valence-corrected chi connectivity index (χ0v) is 15.5. The fourth-order valence-electron chi connectivity index (χ4n) is 2.80. The van der Waals surface area contributed by atoms with Crippen LogP contribution in [0.25, 0.3) is 0 Å². The second-order valence-electron chi connectivity index (χ2n) is 6.25. The number of likely N-dealkylation sites (N-methyl/N-ethyl adjacent to an activating group) is 2. The number of nitrogens with one attached hydrogen (secondary N) is 2. The first-order valence-electron chi connectivity index (χ1n) is 8.35. The number of hydrogen-bond acceptors (Lipinski definition) is 5. The van der Waals surface area contributed by atoms with Crippen molar-refractivity contribution in [2.24, 2.45) is 0 Å². The van der Waals surface area contributed by atoms with Gasteiger partial charge in [-0.05, 0) is 27.4 Å². The smallest absolute Gasteiger partial charge is 0.314 e. The van der Waals surface area contributed by atoms with Crippen molar-refractivity contribution < 1.29 is 4.79 Å². The minimum absolute atomic E-state index is 0.0874. The fraction of sp³-hybridized carbons (Fsp3) is 0.750. The van der Waals surface area contributed by atoms with Crippen LogP contribution in [0.4, 0.5) is 4.79 Å². The largest absolute Gasteiger partial charge is 0.338 e. The quantitative estimate of drug-likeness (QED) is 0.815. The summed E-state index contributed by atoms with van der Waals surface area (Å²) in [5.41, 5.74) is 1.18. The fourth-order valence-corrected chi connectivity index (χ4v) is 3.82. The minimum Gasteiger partial charge on any atom is -0.338 e. The van der Waals surface area contributed by atoms with Crippen LogP contribution < -0.4 is 10.6 Å². The van der Waals surface area contributed by atoms with Gasteiger partial charge >= 0.3 is 6.03 Å². The molecule has 130 valence electrons. The molecule has 0 bridgehead atoms. The zero-order valence-electron chi connectivity index (χ0n) is 14.7. The van der Waals surface area contributed by atoms with Gasteiger partial charge in [-0.25, -0.2) is 9.78 Å². The number of aromatic nitrogens is 1. The predicted octanol–water partition coefficient (Wildman–Crippen LogP) is 1.10. The van der Waals surface area contributed by atoms with E-state index in [9.17, 15) is 4.79 Å². The Hall–Kier alpha value is -1.18. The number of nitrogens with zero attached hydrogens (tertiary/aromatic N) is 3. The van der Waals surface area contributed by atoms with Gasteiger partial charge in [0.05, 0.1) is 10.7 Å². The molecule has 2 rings (SSSR count). The molecule has 2 amide bonds. The number of urea groups is 1. The zero-order chi connectivity index (χ0) is 16.8. The van der Waals surface area contributed by atoms with Gasteiger partial charge < -0.3 is 15.5 Å². The highest BCUT2D eigenvalue weighted by molar-refractivity contribution is 7.11. The summed E-state index contributed by atoms with van der Waals surface area (Å²) in [6, 6.07) is 0.295. The second-order valence-corrected chi connectivity index (χ2v) is 7.54. The van der Waals surface area contributed by atoms with Gasteiger partial charge in [0.25, 0.3) is 0 Å². The molecule has 23 heavy (non-hydrogen) atoms. The van der Waals surface area contributed by atoms with Gasteiger partial charge in [0, 0.05) is 50.1 Å². The molecular formula is C16H29N5OS. The Morgan fingerprint density at radius 2 is 2.13 bits per heavy atom. The van der Waals surface area contributed by atoms with E-state index in [1.807, 2.05) is 0 Å². The first kappa shape index (κ1) is 18.2. The van der Waals surface area contributed by atoms with Crippen LogP contribution in [0.15, 0.2) is 0 Å². The number of carbonyl (C=O) groups is 1. The number of rotatable bonds is 6. The molecule has 1 saturated heterocycles. The highest BCUT2D eigenvalue weighted by atomic mass is 32.1. The number of aryl methyl sites for hydroxylation is 2. The molecule has 1 fully saturated rings. The molecule has 7 heteroatoms. The van der Waals surface area contributed by atoms with Crippen LogP contribution in [0.5, 0.6) is 0 Å². The average Bonchev–Trinajstić information content (AvgIpc) is 2.88. The van der Waals surface area contributed by atoms with Crippen molar-refractivity contribution in [1.29, 1.82) is 0 Å². The highest BCUT2D eigenvalue weighted by Crippen LogP contribution is 2.17. The Bertz CT molecular complexity index is 519. The maximum atomic E-state index is 11.9. The van der Waals surface area contributed by atoms with Gasteiger partial charge in [-0.2, -0.15) is 0 Å². The third-order valence-electron chi connectivity index (χ3n) is 4.37. The number of carbonyl (C=O) groups excluding carboxylic acids is 1. The van der Waals surface area contributed by atoms with Crippen molar-refractivity contribution in [3.05, 3.63) is 15.6 Å². The van der Waals surface area contributed by atoms with E-state index in [0.29, 0.717) is 19.1 Å². The summed E-state index contributed by atoms with van der Waals surface area (Å²) in [6.07, 6.45) is 1.77. The van der Waals surface area contributed by atoms with E-state index < -0.39 is 0 Å². The summed E-state index contributed by atoms with van der Waals surface area (Å²) < 4.78 is 0. The lowest BCUT2D eigenvalue weighted by molar-refractivity contribution is 0.114. The van der Waals surface area contributed by atoms with E-state index in [0.717, 1.165) is 37.5 Å². The standard InChI is InChI=1S/C16H29N5OS/c1-5-14-12(2)23-15(19-14)6-7-17-16(22)18-10-13-11-20(3)8-9-21(13)4/h13H,5-11H2,1-4H3,(H2,17,18,22)/t13-/m0/s1. The monoisotopic (exact) mass is 339 g/mol. The Morgan fingerprint density at radius 3 is 2.83 bits per heavy atom. The maximum absolute atomic E-state index is 11.9. The third-order valence-corrected chi connectivity index (χ3v) is 5.45. The van der Waals surface area contributed by atoms with Crippen LogP contribution in [-0.2, 0) is 12.8 Å². The summed E-state index contributed by atoms with van der Waals surface area (Å²) in [4.78, 5) is 22.4. The Balaban J connectivity index is 1.66. The summed E-state index contributed by atoms with van der Waals surface area (Å²) in [6.45, 7) is 8.68. The molecule has 1 aromatic heterocycles. The lowest BCUT2D eigenvalue weighted by atomic mass is 10.2. The maximum Gasteiger partial charge on any atom is 0.314 e. The molecule has 6 nitrogen and oxygen atoms in total. The topological polar surface area (TPSA) is 60.5 Å². The molecule has 0 radical (unpaired) electrons. The number of piperazine rings is 1. The van der Waals surface area contributed by atoms with Crippen molar-refractivity contribution in [3.63, 3.8) is 0 Å². The summed E-state index contributed by atoms with van der Waals surface area (Å²) in [5.74, 6) is 0. The molecule has 0 spiro atoms. The third kappa shape index (κ3) is 5.44. The molecule has 0 saturated carbocycles. The van der Waals surface area contributed by atoms with Crippen molar-refractivity contribution in [2.75, 3.05) is 46.8 Å². The minimum atomic E-state index is -0.0874. The predicted molar refractivity (Wildman–Crippen MR) is 95.2 cm³/mol. The molecule has 0 aromatic carbocycles. The molecule has 1 atom stereocenters. The molecule has 1 aliphatic rings. The van der Waals surface area contributed by atoms with E-state index in [2.05, 4.69) is 53.4 Å². The van der Waals surface area contributed by atoms with Crippen molar-refractivity contribution in [2.45, 2.75) is 32.7 Å². The Labute approximate surface area is 143 Å². The van der Waals surface area contributed by atoms with Crippen LogP contribution in [-0.4, -0.2) is 73.7 Å². The number of amides is 2. The summed E-state index contributed by atoms with van der Waals surface area (Å²) in [5, 5.41) is 7.01. The molecule has 1 aliphatic heterocycles. The SMILES string of the molecule is CCc1nc(CCNC(=O)NC[C@H]2CN(C)CCN2C)sc1C. The van der Waals surface area contributed by atoms with E-state index in [1.165, 1.54) is 10.6 Å². The molecule has 1 aromatic rings. The molecule has 0 aliphatic carbocycles. The summed E-state index contributed by atoms with van der Waals surface area (Å²) >= 11 is 1.73. The van der Waals surface area contributed by atoms with Gasteiger partial charge in [0.1, 0.15) is 0 Å². The lowest BCUT2D eigenvalue weighted by Gasteiger charge is -2.37. The van der Waals surface area contributed by atoms with Crippen molar-refractivity contribution in [3.8, 4) is 0 Å². The molecule has 2 heterocycles. The average molecular weight is 340 g/mol. The van der Waals surface area contributed by atoms with Crippen molar-refractivity contribution in [1.82, 2.24) is 25.4 Å². The van der Waals surface area contributed by atoms with Gasteiger partial charge in [0.15, 0.2) is 0 Å². The lowest BCUT2D eigenvalue weighted by Crippen LogP contribution is -2.55. The van der Waals surface area contributed by atoms with Gasteiger partial charge in [-0.1, -0.05) is 6.92 Å². The Kier molecular flexibility index (Phi) is 6.80. The van der Waals surface area contributed by atoms with Gasteiger partial charge in [-0.15, -0.1) is 11.3 Å². The second kappa shape index (κ2) is 8.61.